The van der Waals surface area contributed by atoms with Crippen LogP contribution in [0.1, 0.15) is 24.8 Å². The Morgan fingerprint density at radius 3 is 2.84 bits per heavy atom. The van der Waals surface area contributed by atoms with Crippen molar-refractivity contribution >= 4 is 10.9 Å². The average molecular weight is 263 g/mol. The molecule has 1 aromatic carbocycles. The smallest absolute Gasteiger partial charge is 0.248 e. The van der Waals surface area contributed by atoms with E-state index in [9.17, 15) is 9.18 Å². The predicted molar refractivity (Wildman–Crippen MR) is 74.7 cm³/mol. The number of rotatable bonds is 6. The summed E-state index contributed by atoms with van der Waals surface area (Å²) in [6.07, 6.45) is 3.06. The standard InChI is InChI=1S/C15H18FNO2/c1-19-13-8-5-7-12-15(13)11(10-14(18)17-12)6-3-2-4-9-16/h5,7-8,10H,2-4,6,9H2,1H3,(H,17,18). The van der Waals surface area contributed by atoms with Gasteiger partial charge in [-0.15, -0.1) is 0 Å². The zero-order valence-electron chi connectivity index (χ0n) is 11.0. The molecule has 1 aromatic heterocycles. The lowest BCUT2D eigenvalue weighted by molar-refractivity contribution is 0.419. The third-order valence-electron chi connectivity index (χ3n) is 3.21. The number of pyridine rings is 1. The summed E-state index contributed by atoms with van der Waals surface area (Å²) >= 11 is 0. The highest BCUT2D eigenvalue weighted by Gasteiger charge is 2.08. The van der Waals surface area contributed by atoms with Crippen LogP contribution in [0.15, 0.2) is 29.1 Å². The van der Waals surface area contributed by atoms with Crippen LogP contribution >= 0.6 is 0 Å². The molecule has 1 N–H and O–H groups in total. The van der Waals surface area contributed by atoms with Crippen LogP contribution in [0, 0.1) is 0 Å². The van der Waals surface area contributed by atoms with Gasteiger partial charge in [-0.1, -0.05) is 12.5 Å². The van der Waals surface area contributed by atoms with Gasteiger partial charge in [0.25, 0.3) is 0 Å². The Bertz CT molecular complexity index is 607. The number of nitrogens with one attached hydrogen (secondary N) is 1. The van der Waals surface area contributed by atoms with Gasteiger partial charge in [-0.05, 0) is 37.0 Å². The number of aryl methyl sites for hydroxylation is 1. The van der Waals surface area contributed by atoms with Crippen LogP contribution in [0.5, 0.6) is 5.75 Å². The Morgan fingerprint density at radius 1 is 1.26 bits per heavy atom. The fourth-order valence-electron chi connectivity index (χ4n) is 2.32. The van der Waals surface area contributed by atoms with Gasteiger partial charge in [-0.3, -0.25) is 9.18 Å². The van der Waals surface area contributed by atoms with E-state index in [1.807, 2.05) is 18.2 Å². The summed E-state index contributed by atoms with van der Waals surface area (Å²) in [6.45, 7) is -0.278. The predicted octanol–water partition coefficient (Wildman–Crippen LogP) is 3.22. The van der Waals surface area contributed by atoms with Crippen molar-refractivity contribution in [3.05, 3.63) is 40.2 Å². The molecule has 3 nitrogen and oxygen atoms in total. The highest BCUT2D eigenvalue weighted by Crippen LogP contribution is 2.27. The maximum atomic E-state index is 12.1. The van der Waals surface area contributed by atoms with Crippen LogP contribution in [-0.4, -0.2) is 18.8 Å². The van der Waals surface area contributed by atoms with Gasteiger partial charge < -0.3 is 9.72 Å². The molecule has 0 saturated heterocycles. The molecule has 1 heterocycles. The maximum Gasteiger partial charge on any atom is 0.248 e. The number of aromatic nitrogens is 1. The average Bonchev–Trinajstić information content (AvgIpc) is 2.42. The molecule has 0 spiro atoms. The Hall–Kier alpha value is -1.84. The molecule has 0 aliphatic heterocycles. The van der Waals surface area contributed by atoms with Crippen LogP contribution in [-0.2, 0) is 6.42 Å². The number of fused-ring (bicyclic) bond motifs is 1. The molecular weight excluding hydrogens is 245 g/mol. The Labute approximate surface area is 111 Å². The molecule has 19 heavy (non-hydrogen) atoms. The molecule has 0 bridgehead atoms. The molecule has 0 aliphatic rings. The molecule has 2 aromatic rings. The molecule has 4 heteroatoms. The number of ether oxygens (including phenoxy) is 1. The second-order valence-corrected chi connectivity index (χ2v) is 4.54. The molecule has 0 aliphatic carbocycles. The minimum absolute atomic E-state index is 0.110. The first-order chi connectivity index (χ1) is 9.26. The van der Waals surface area contributed by atoms with Gasteiger partial charge in [-0.2, -0.15) is 0 Å². The van der Waals surface area contributed by atoms with E-state index >= 15 is 0 Å². The van der Waals surface area contributed by atoms with E-state index in [-0.39, 0.29) is 12.2 Å². The maximum absolute atomic E-state index is 12.1. The Morgan fingerprint density at radius 2 is 2.11 bits per heavy atom. The van der Waals surface area contributed by atoms with Crippen molar-refractivity contribution in [3.63, 3.8) is 0 Å². The van der Waals surface area contributed by atoms with E-state index in [0.717, 1.165) is 41.5 Å². The second-order valence-electron chi connectivity index (χ2n) is 4.54. The first-order valence-electron chi connectivity index (χ1n) is 6.51. The van der Waals surface area contributed by atoms with Crippen LogP contribution in [0.25, 0.3) is 10.9 Å². The van der Waals surface area contributed by atoms with Crippen molar-refractivity contribution in [2.75, 3.05) is 13.8 Å². The van der Waals surface area contributed by atoms with Gasteiger partial charge >= 0.3 is 0 Å². The van der Waals surface area contributed by atoms with Crippen LogP contribution < -0.4 is 10.3 Å². The summed E-state index contributed by atoms with van der Waals surface area (Å²) < 4.78 is 17.4. The van der Waals surface area contributed by atoms with Crippen LogP contribution in [0.4, 0.5) is 4.39 Å². The number of aromatic amines is 1. The number of alkyl halides is 1. The van der Waals surface area contributed by atoms with E-state index in [2.05, 4.69) is 4.98 Å². The molecule has 0 unspecified atom stereocenters. The number of unbranched alkanes of at least 4 members (excludes halogenated alkanes) is 2. The lowest BCUT2D eigenvalue weighted by atomic mass is 10.0. The topological polar surface area (TPSA) is 42.1 Å². The molecular formula is C15H18FNO2. The normalized spacial score (nSPS) is 10.8. The number of hydrogen-bond donors (Lipinski definition) is 1. The number of methoxy groups -OCH3 is 1. The zero-order chi connectivity index (χ0) is 13.7. The van der Waals surface area contributed by atoms with Crippen molar-refractivity contribution < 1.29 is 9.13 Å². The fourth-order valence-corrected chi connectivity index (χ4v) is 2.32. The first kappa shape index (κ1) is 13.6. The highest BCUT2D eigenvalue weighted by molar-refractivity contribution is 5.88. The summed E-state index contributed by atoms with van der Waals surface area (Å²) in [5, 5.41) is 0.949. The lowest BCUT2D eigenvalue weighted by Crippen LogP contribution is -2.07. The summed E-state index contributed by atoms with van der Waals surface area (Å²) in [4.78, 5) is 14.4. The fraction of sp³-hybridized carbons (Fsp3) is 0.400. The van der Waals surface area contributed by atoms with Crippen molar-refractivity contribution in [3.8, 4) is 5.75 Å². The van der Waals surface area contributed by atoms with E-state index in [0.29, 0.717) is 6.42 Å². The second kappa shape index (κ2) is 6.36. The zero-order valence-corrected chi connectivity index (χ0v) is 11.0. The number of H-pyrrole nitrogens is 1. The summed E-state index contributed by atoms with van der Waals surface area (Å²) in [5.41, 5.74) is 1.64. The highest BCUT2D eigenvalue weighted by atomic mass is 19.1. The first-order valence-corrected chi connectivity index (χ1v) is 6.51. The molecule has 2 rings (SSSR count). The van der Waals surface area contributed by atoms with Gasteiger partial charge in [0.05, 0.1) is 19.3 Å². The third-order valence-corrected chi connectivity index (χ3v) is 3.21. The number of benzene rings is 1. The van der Waals surface area contributed by atoms with E-state index in [1.54, 1.807) is 13.2 Å². The van der Waals surface area contributed by atoms with Gasteiger partial charge in [0.1, 0.15) is 5.75 Å². The summed E-state index contributed by atoms with van der Waals surface area (Å²) in [6, 6.07) is 7.21. The SMILES string of the molecule is COc1cccc2[nH]c(=O)cc(CCCCCF)c12. The van der Waals surface area contributed by atoms with Crippen molar-refractivity contribution in [1.82, 2.24) is 4.98 Å². The quantitative estimate of drug-likeness (QED) is 0.813. The third kappa shape index (κ3) is 3.13. The Kier molecular flexibility index (Phi) is 4.55. The van der Waals surface area contributed by atoms with Gasteiger partial charge in [0.15, 0.2) is 0 Å². The van der Waals surface area contributed by atoms with Gasteiger partial charge in [-0.25, -0.2) is 0 Å². The van der Waals surface area contributed by atoms with Crippen molar-refractivity contribution in [2.45, 2.75) is 25.7 Å². The van der Waals surface area contributed by atoms with E-state index in [1.165, 1.54) is 0 Å². The molecule has 0 saturated carbocycles. The molecule has 0 amide bonds. The van der Waals surface area contributed by atoms with E-state index in [4.69, 9.17) is 4.74 Å². The van der Waals surface area contributed by atoms with Crippen molar-refractivity contribution in [2.24, 2.45) is 0 Å². The molecule has 0 radical (unpaired) electrons. The van der Waals surface area contributed by atoms with E-state index < -0.39 is 0 Å². The lowest BCUT2D eigenvalue weighted by Gasteiger charge is -2.10. The van der Waals surface area contributed by atoms with Crippen LogP contribution in [0.3, 0.4) is 0 Å². The minimum atomic E-state index is -0.278. The van der Waals surface area contributed by atoms with Crippen LogP contribution in [0.2, 0.25) is 0 Å². The summed E-state index contributed by atoms with van der Waals surface area (Å²) in [7, 11) is 1.62. The Balaban J connectivity index is 2.37. The largest absolute Gasteiger partial charge is 0.496 e. The number of hydrogen-bond acceptors (Lipinski definition) is 2. The monoisotopic (exact) mass is 263 g/mol. The molecule has 102 valence electrons. The molecule has 0 fully saturated rings. The summed E-state index contributed by atoms with van der Waals surface area (Å²) in [5.74, 6) is 0.759. The van der Waals surface area contributed by atoms with Gasteiger partial charge in [0.2, 0.25) is 5.56 Å². The van der Waals surface area contributed by atoms with Crippen molar-refractivity contribution in [1.29, 1.82) is 0 Å². The van der Waals surface area contributed by atoms with Gasteiger partial charge in [0, 0.05) is 11.5 Å². The molecule has 0 atom stereocenters. The minimum Gasteiger partial charge on any atom is -0.496 e. The number of halogens is 1.